The minimum Gasteiger partial charge on any atom is -0.466 e. The summed E-state index contributed by atoms with van der Waals surface area (Å²) < 4.78 is 9.84. The summed E-state index contributed by atoms with van der Waals surface area (Å²) in [5.74, 6) is 0.680. The molecular weight excluding hydrogens is 452 g/mol. The molecule has 4 heterocycles. The van der Waals surface area contributed by atoms with Gasteiger partial charge in [-0.15, -0.1) is 5.10 Å². The number of nitrogens with one attached hydrogen (secondary N) is 2. The lowest BCUT2D eigenvalue weighted by molar-refractivity contribution is -0.118. The molecule has 12 nitrogen and oxygen atoms in total. The maximum Gasteiger partial charge on any atom is 0.332 e. The van der Waals surface area contributed by atoms with Crippen molar-refractivity contribution in [3.05, 3.63) is 50.8 Å². The molecule has 0 unspecified atom stereocenters. The Labute approximate surface area is 200 Å². The number of hydrogen-bond donors (Lipinski definition) is 2. The fourth-order valence-electron chi connectivity index (χ4n) is 3.79. The van der Waals surface area contributed by atoms with Gasteiger partial charge in [0.15, 0.2) is 18.1 Å². The fraction of sp³-hybridized carbons (Fsp3) is 0.391. The third-order valence-corrected chi connectivity index (χ3v) is 5.47. The second kappa shape index (κ2) is 9.95. The molecule has 35 heavy (non-hydrogen) atoms. The first-order valence-electron chi connectivity index (χ1n) is 11.5. The van der Waals surface area contributed by atoms with Crippen molar-refractivity contribution in [2.45, 2.75) is 46.7 Å². The first-order valence-corrected chi connectivity index (χ1v) is 11.5. The van der Waals surface area contributed by atoms with E-state index >= 15 is 0 Å². The lowest BCUT2D eigenvalue weighted by Crippen LogP contribution is -2.40. The van der Waals surface area contributed by atoms with Gasteiger partial charge in [-0.1, -0.05) is 19.9 Å². The number of carbonyl (C=O) groups is 1. The third kappa shape index (κ3) is 4.72. The minimum atomic E-state index is -0.405. The van der Waals surface area contributed by atoms with Gasteiger partial charge in [0, 0.05) is 32.4 Å². The van der Waals surface area contributed by atoms with Crippen molar-refractivity contribution < 1.29 is 9.53 Å². The molecule has 4 rings (SSSR count). The molecule has 4 aromatic heterocycles. The molecule has 184 valence electrons. The number of aromatic nitrogens is 7. The summed E-state index contributed by atoms with van der Waals surface area (Å²) >= 11 is 0. The second-order valence-electron chi connectivity index (χ2n) is 8.17. The monoisotopic (exact) mass is 480 g/mol. The average Bonchev–Trinajstić information content (AvgIpc) is 3.43. The highest BCUT2D eigenvalue weighted by Crippen LogP contribution is 2.22. The van der Waals surface area contributed by atoms with Crippen LogP contribution in [0.25, 0.3) is 22.7 Å². The normalized spacial score (nSPS) is 11.2. The quantitative estimate of drug-likeness (QED) is 0.372. The van der Waals surface area contributed by atoms with Gasteiger partial charge in [-0.05, 0) is 31.4 Å². The Morgan fingerprint density at radius 1 is 1.17 bits per heavy atom. The highest BCUT2D eigenvalue weighted by Gasteiger charge is 2.20. The molecule has 0 aliphatic heterocycles. The zero-order valence-electron chi connectivity index (χ0n) is 20.2. The summed E-state index contributed by atoms with van der Waals surface area (Å²) in [4.78, 5) is 49.9. The van der Waals surface area contributed by atoms with E-state index in [4.69, 9.17) is 4.74 Å². The highest BCUT2D eigenvalue weighted by molar-refractivity contribution is 5.91. The number of H-pyrrole nitrogens is 1. The second-order valence-corrected chi connectivity index (χ2v) is 8.17. The molecule has 0 aromatic carbocycles. The number of aromatic amines is 1. The average molecular weight is 481 g/mol. The van der Waals surface area contributed by atoms with Crippen molar-refractivity contribution in [2.24, 2.45) is 7.05 Å². The summed E-state index contributed by atoms with van der Waals surface area (Å²) in [6.45, 7) is 6.22. The van der Waals surface area contributed by atoms with E-state index in [0.717, 1.165) is 5.56 Å². The Kier molecular flexibility index (Phi) is 6.80. The molecule has 0 radical (unpaired) electrons. The largest absolute Gasteiger partial charge is 0.466 e. The number of aryl methyl sites for hydroxylation is 3. The Hall–Kier alpha value is -4.22. The van der Waals surface area contributed by atoms with Crippen LogP contribution in [-0.2, 0) is 24.9 Å². The molecule has 0 aliphatic rings. The lowest BCUT2D eigenvalue weighted by Gasteiger charge is -2.09. The van der Waals surface area contributed by atoms with Crippen molar-refractivity contribution in [2.75, 3.05) is 11.9 Å². The number of hydrogen-bond acceptors (Lipinski definition) is 7. The van der Waals surface area contributed by atoms with E-state index in [-0.39, 0.29) is 29.6 Å². The number of imidazole rings is 1. The molecule has 0 spiro atoms. The van der Waals surface area contributed by atoms with E-state index in [2.05, 4.69) is 25.4 Å². The number of nitrogens with zero attached hydrogens (tertiary/aromatic N) is 6. The van der Waals surface area contributed by atoms with Gasteiger partial charge in [-0.25, -0.2) is 14.8 Å². The van der Waals surface area contributed by atoms with E-state index in [1.807, 2.05) is 26.8 Å². The maximum atomic E-state index is 13.0. The highest BCUT2D eigenvalue weighted by atomic mass is 16.5. The molecule has 0 bridgehead atoms. The van der Waals surface area contributed by atoms with Crippen LogP contribution in [0.3, 0.4) is 0 Å². The summed E-state index contributed by atoms with van der Waals surface area (Å²) in [5, 5.41) is 6.99. The third-order valence-electron chi connectivity index (χ3n) is 5.47. The van der Waals surface area contributed by atoms with Crippen molar-refractivity contribution in [1.82, 2.24) is 33.9 Å². The van der Waals surface area contributed by atoms with Crippen LogP contribution >= 0.6 is 0 Å². The number of amides is 1. The minimum absolute atomic E-state index is 0.213. The Bertz CT molecular complexity index is 1490. The Morgan fingerprint density at radius 3 is 2.63 bits per heavy atom. The molecule has 0 saturated carbocycles. The van der Waals surface area contributed by atoms with Crippen molar-refractivity contribution >= 4 is 22.9 Å². The van der Waals surface area contributed by atoms with E-state index < -0.39 is 5.56 Å². The van der Waals surface area contributed by atoms with Crippen LogP contribution in [0, 0.1) is 6.92 Å². The van der Waals surface area contributed by atoms with Gasteiger partial charge < -0.3 is 15.0 Å². The van der Waals surface area contributed by atoms with E-state index in [0.29, 0.717) is 48.9 Å². The zero-order valence-corrected chi connectivity index (χ0v) is 20.2. The van der Waals surface area contributed by atoms with Crippen LogP contribution in [0.15, 0.2) is 34.0 Å². The van der Waals surface area contributed by atoms with Crippen molar-refractivity contribution in [1.29, 1.82) is 0 Å². The van der Waals surface area contributed by atoms with E-state index in [1.165, 1.54) is 13.8 Å². The molecule has 0 fully saturated rings. The summed E-state index contributed by atoms with van der Waals surface area (Å²) in [7, 11) is 1.70. The van der Waals surface area contributed by atoms with Gasteiger partial charge in [0.1, 0.15) is 17.0 Å². The lowest BCUT2D eigenvalue weighted by atomic mass is 10.3. The van der Waals surface area contributed by atoms with Crippen LogP contribution in [0.1, 0.15) is 32.3 Å². The number of ether oxygens (including phenoxy) is 1. The first-order chi connectivity index (χ1) is 16.8. The number of fused-ring (bicyclic) bond motifs is 1. The molecule has 2 N–H and O–H groups in total. The molecule has 4 aromatic rings. The molecule has 0 aliphatic carbocycles. The smallest absolute Gasteiger partial charge is 0.332 e. The van der Waals surface area contributed by atoms with Gasteiger partial charge in [0.2, 0.25) is 5.88 Å². The molecule has 0 saturated heterocycles. The first kappa shape index (κ1) is 23.9. The topological polar surface area (TPSA) is 142 Å². The fourth-order valence-corrected chi connectivity index (χ4v) is 3.79. The predicted molar refractivity (Wildman–Crippen MR) is 130 cm³/mol. The number of rotatable bonds is 9. The summed E-state index contributed by atoms with van der Waals surface area (Å²) in [6.07, 6.45) is 2.97. The van der Waals surface area contributed by atoms with Gasteiger partial charge in [-0.3, -0.25) is 23.4 Å². The number of anilines is 1. The van der Waals surface area contributed by atoms with Crippen LogP contribution < -0.4 is 21.3 Å². The van der Waals surface area contributed by atoms with Gasteiger partial charge in [0.05, 0.1) is 0 Å². The molecular formula is C23H28N8O4. The maximum absolute atomic E-state index is 13.0. The standard InChI is InChI=1S/C23H28N8O4/c1-5-10-30-21-18(22(33)31(11-6-2)23(30)34)26-20(27-21)15-12-17(28-29(15)4)35-13-16(32)25-19-14(3)8-7-9-24-19/h7-9,12H,5-6,10-11,13H2,1-4H3,(H,26,27)(H,24,25,32). The summed E-state index contributed by atoms with van der Waals surface area (Å²) in [5.41, 5.74) is 1.17. The SMILES string of the molecule is CCCn1c(=O)c2[nH]c(-c3cc(OCC(=O)Nc4ncccc4C)nn3C)nc2n(CCC)c1=O. The van der Waals surface area contributed by atoms with Gasteiger partial charge >= 0.3 is 5.69 Å². The number of pyridine rings is 1. The molecule has 0 atom stereocenters. The van der Waals surface area contributed by atoms with E-state index in [9.17, 15) is 14.4 Å². The number of carbonyl (C=O) groups excluding carboxylic acids is 1. The van der Waals surface area contributed by atoms with Gasteiger partial charge in [0.25, 0.3) is 11.5 Å². The molecule has 1 amide bonds. The van der Waals surface area contributed by atoms with Gasteiger partial charge in [-0.2, -0.15) is 0 Å². The van der Waals surface area contributed by atoms with Crippen LogP contribution in [0.5, 0.6) is 5.88 Å². The zero-order chi connectivity index (χ0) is 25.1. The Balaban J connectivity index is 1.61. The van der Waals surface area contributed by atoms with Crippen molar-refractivity contribution in [3.8, 4) is 17.4 Å². The van der Waals surface area contributed by atoms with E-state index in [1.54, 1.807) is 25.4 Å². The van der Waals surface area contributed by atoms with Crippen LogP contribution in [-0.4, -0.2) is 46.4 Å². The molecule has 12 heteroatoms. The Morgan fingerprint density at radius 2 is 1.91 bits per heavy atom. The van der Waals surface area contributed by atoms with Crippen molar-refractivity contribution in [3.63, 3.8) is 0 Å². The summed E-state index contributed by atoms with van der Waals surface area (Å²) in [6, 6.07) is 5.25. The van der Waals surface area contributed by atoms with Crippen LogP contribution in [0.2, 0.25) is 0 Å². The van der Waals surface area contributed by atoms with Crippen LogP contribution in [0.4, 0.5) is 5.82 Å². The predicted octanol–water partition coefficient (Wildman–Crippen LogP) is 1.83.